The van der Waals surface area contributed by atoms with Gasteiger partial charge < -0.3 is 9.64 Å². The van der Waals surface area contributed by atoms with Crippen LogP contribution in [0.15, 0.2) is 24.3 Å². The molecule has 2 heterocycles. The number of ether oxygens (including phenoxy) is 1. The average molecular weight is 410 g/mol. The Morgan fingerprint density at radius 3 is 2.52 bits per heavy atom. The molecular weight excluding hydrogens is 385 g/mol. The second-order valence-corrected chi connectivity index (χ2v) is 8.71. The number of carbonyl (C=O) groups excluding carboxylic acids is 1. The van der Waals surface area contributed by atoms with Gasteiger partial charge in [0.05, 0.1) is 21.4 Å². The molecule has 5 nitrogen and oxygen atoms in total. The molecule has 1 aliphatic rings. The van der Waals surface area contributed by atoms with Gasteiger partial charge in [-0.3, -0.25) is 4.68 Å². The van der Waals surface area contributed by atoms with Crippen molar-refractivity contribution in [1.82, 2.24) is 14.7 Å². The minimum Gasteiger partial charge on any atom is -0.444 e. The SMILES string of the molecule is Cn1nc(C2CCN(C(=O)OC(C)(C)C)CC2)cc1-c1cccc(Cl)c1Cl. The Kier molecular flexibility index (Phi) is 5.73. The van der Waals surface area contributed by atoms with Gasteiger partial charge in [-0.25, -0.2) is 4.79 Å². The molecule has 1 saturated heterocycles. The van der Waals surface area contributed by atoms with E-state index in [1.165, 1.54) is 0 Å². The third-order valence-corrected chi connectivity index (χ3v) is 5.51. The third-order valence-electron chi connectivity index (χ3n) is 4.69. The Labute approximate surface area is 170 Å². The van der Waals surface area contributed by atoms with Gasteiger partial charge in [-0.05, 0) is 45.7 Å². The van der Waals surface area contributed by atoms with Crippen molar-refractivity contribution in [3.8, 4) is 11.3 Å². The molecular formula is C20H25Cl2N3O2. The summed E-state index contributed by atoms with van der Waals surface area (Å²) >= 11 is 12.5. The second-order valence-electron chi connectivity index (χ2n) is 7.92. The predicted molar refractivity (Wildman–Crippen MR) is 108 cm³/mol. The molecule has 0 N–H and O–H groups in total. The van der Waals surface area contributed by atoms with E-state index in [9.17, 15) is 4.79 Å². The fourth-order valence-corrected chi connectivity index (χ4v) is 3.72. The largest absolute Gasteiger partial charge is 0.444 e. The third kappa shape index (κ3) is 4.58. The van der Waals surface area contributed by atoms with Crippen LogP contribution in [-0.4, -0.2) is 39.5 Å². The van der Waals surface area contributed by atoms with Crippen molar-refractivity contribution in [2.24, 2.45) is 7.05 Å². The number of rotatable bonds is 2. The van der Waals surface area contributed by atoms with Crippen molar-refractivity contribution in [2.75, 3.05) is 13.1 Å². The number of carbonyl (C=O) groups is 1. The quantitative estimate of drug-likeness (QED) is 0.656. The van der Waals surface area contributed by atoms with E-state index in [-0.39, 0.29) is 6.09 Å². The van der Waals surface area contributed by atoms with E-state index >= 15 is 0 Å². The first-order valence-electron chi connectivity index (χ1n) is 9.12. The molecule has 1 fully saturated rings. The standard InChI is InChI=1S/C20H25Cl2N3O2/c1-20(2,3)27-19(26)25-10-8-13(9-11-25)16-12-17(24(4)23-16)14-6-5-7-15(21)18(14)22/h5-7,12-13H,8-11H2,1-4H3. The highest BCUT2D eigenvalue weighted by atomic mass is 35.5. The van der Waals surface area contributed by atoms with Crippen molar-refractivity contribution in [2.45, 2.75) is 45.1 Å². The monoisotopic (exact) mass is 409 g/mol. The Bertz CT molecular complexity index is 834. The molecule has 1 amide bonds. The molecule has 1 aliphatic heterocycles. The lowest BCUT2D eigenvalue weighted by Crippen LogP contribution is -2.41. The van der Waals surface area contributed by atoms with Gasteiger partial charge in [0, 0.05) is 31.6 Å². The van der Waals surface area contributed by atoms with E-state index in [2.05, 4.69) is 6.07 Å². The Balaban J connectivity index is 1.71. The Morgan fingerprint density at radius 1 is 1.22 bits per heavy atom. The van der Waals surface area contributed by atoms with Crippen molar-refractivity contribution >= 4 is 29.3 Å². The highest BCUT2D eigenvalue weighted by Crippen LogP contribution is 2.36. The average Bonchev–Trinajstić information content (AvgIpc) is 2.97. The number of halogens is 2. The van der Waals surface area contributed by atoms with Gasteiger partial charge in [-0.15, -0.1) is 0 Å². The van der Waals surface area contributed by atoms with Crippen LogP contribution in [-0.2, 0) is 11.8 Å². The minimum atomic E-state index is -0.472. The number of hydrogen-bond acceptors (Lipinski definition) is 3. The van der Waals surface area contributed by atoms with Crippen molar-refractivity contribution < 1.29 is 9.53 Å². The zero-order valence-corrected chi connectivity index (χ0v) is 17.6. The lowest BCUT2D eigenvalue weighted by Gasteiger charge is -2.32. The highest BCUT2D eigenvalue weighted by Gasteiger charge is 2.29. The molecule has 2 aromatic rings. The molecule has 0 aliphatic carbocycles. The van der Waals surface area contributed by atoms with Crippen LogP contribution >= 0.6 is 23.2 Å². The Morgan fingerprint density at radius 2 is 1.89 bits per heavy atom. The van der Waals surface area contributed by atoms with Crippen LogP contribution in [0.25, 0.3) is 11.3 Å². The molecule has 7 heteroatoms. The van der Waals surface area contributed by atoms with Gasteiger partial charge in [-0.2, -0.15) is 5.10 Å². The number of piperidine rings is 1. The maximum Gasteiger partial charge on any atom is 0.410 e. The van der Waals surface area contributed by atoms with E-state index in [4.69, 9.17) is 33.0 Å². The number of amides is 1. The number of benzene rings is 1. The van der Waals surface area contributed by atoms with Crippen LogP contribution in [0.3, 0.4) is 0 Å². The van der Waals surface area contributed by atoms with Crippen LogP contribution in [0.5, 0.6) is 0 Å². The van der Waals surface area contributed by atoms with Crippen LogP contribution in [0, 0.1) is 0 Å². The fourth-order valence-electron chi connectivity index (χ4n) is 3.33. The van der Waals surface area contributed by atoms with Gasteiger partial charge >= 0.3 is 6.09 Å². The molecule has 1 aromatic carbocycles. The molecule has 0 spiro atoms. The fraction of sp³-hybridized carbons (Fsp3) is 0.500. The van der Waals surface area contributed by atoms with Crippen molar-refractivity contribution in [3.05, 3.63) is 40.0 Å². The lowest BCUT2D eigenvalue weighted by molar-refractivity contribution is 0.0204. The first-order chi connectivity index (χ1) is 12.7. The van der Waals surface area contributed by atoms with E-state index < -0.39 is 5.60 Å². The molecule has 146 valence electrons. The molecule has 0 radical (unpaired) electrons. The summed E-state index contributed by atoms with van der Waals surface area (Å²) in [5, 5.41) is 5.76. The molecule has 0 atom stereocenters. The minimum absolute atomic E-state index is 0.242. The van der Waals surface area contributed by atoms with Gasteiger partial charge in [0.1, 0.15) is 5.60 Å². The first kappa shape index (κ1) is 20.0. The van der Waals surface area contributed by atoms with E-state index in [0.29, 0.717) is 29.1 Å². The lowest BCUT2D eigenvalue weighted by atomic mass is 9.93. The van der Waals surface area contributed by atoms with Crippen LogP contribution in [0.2, 0.25) is 10.0 Å². The molecule has 1 aromatic heterocycles. The van der Waals surface area contributed by atoms with E-state index in [1.807, 2.05) is 44.6 Å². The van der Waals surface area contributed by atoms with Crippen molar-refractivity contribution in [1.29, 1.82) is 0 Å². The topological polar surface area (TPSA) is 47.4 Å². The second kappa shape index (κ2) is 7.72. The summed E-state index contributed by atoms with van der Waals surface area (Å²) < 4.78 is 7.30. The molecule has 27 heavy (non-hydrogen) atoms. The smallest absolute Gasteiger partial charge is 0.410 e. The zero-order valence-electron chi connectivity index (χ0n) is 16.1. The summed E-state index contributed by atoms with van der Waals surface area (Å²) in [7, 11) is 1.91. The molecule has 0 bridgehead atoms. The van der Waals surface area contributed by atoms with Gasteiger partial charge in [0.15, 0.2) is 0 Å². The van der Waals surface area contributed by atoms with Crippen molar-refractivity contribution in [3.63, 3.8) is 0 Å². The normalized spacial score (nSPS) is 15.9. The zero-order chi connectivity index (χ0) is 19.8. The van der Waals surface area contributed by atoms with Crippen LogP contribution in [0.1, 0.15) is 45.2 Å². The number of aromatic nitrogens is 2. The summed E-state index contributed by atoms with van der Waals surface area (Å²) in [6, 6.07) is 7.68. The number of nitrogens with zero attached hydrogens (tertiary/aromatic N) is 3. The van der Waals surface area contributed by atoms with Gasteiger partial charge in [0.25, 0.3) is 0 Å². The Hall–Kier alpha value is -1.72. The maximum absolute atomic E-state index is 12.2. The predicted octanol–water partition coefficient (Wildman–Crippen LogP) is 5.51. The van der Waals surface area contributed by atoms with Gasteiger partial charge in [0.2, 0.25) is 0 Å². The maximum atomic E-state index is 12.2. The summed E-state index contributed by atoms with van der Waals surface area (Å²) in [6.45, 7) is 6.99. The molecule has 0 saturated carbocycles. The summed E-state index contributed by atoms with van der Waals surface area (Å²) in [4.78, 5) is 14.0. The van der Waals surface area contributed by atoms with E-state index in [0.717, 1.165) is 29.8 Å². The summed E-state index contributed by atoms with van der Waals surface area (Å²) in [5.74, 6) is 0.307. The first-order valence-corrected chi connectivity index (χ1v) is 9.87. The highest BCUT2D eigenvalue weighted by molar-refractivity contribution is 6.43. The van der Waals surface area contributed by atoms with E-state index in [1.54, 1.807) is 11.0 Å². The van der Waals surface area contributed by atoms with Crippen LogP contribution in [0.4, 0.5) is 4.79 Å². The van der Waals surface area contributed by atoms with Crippen LogP contribution < -0.4 is 0 Å². The summed E-state index contributed by atoms with van der Waals surface area (Å²) in [5.41, 5.74) is 2.36. The molecule has 3 rings (SSSR count). The molecule has 0 unspecified atom stereocenters. The summed E-state index contributed by atoms with van der Waals surface area (Å²) in [6.07, 6.45) is 1.48. The number of hydrogen-bond donors (Lipinski definition) is 0. The number of likely N-dealkylation sites (tertiary alicyclic amines) is 1. The number of aryl methyl sites for hydroxylation is 1. The van der Waals surface area contributed by atoms with Gasteiger partial charge in [-0.1, -0.05) is 35.3 Å².